The predicted octanol–water partition coefficient (Wildman–Crippen LogP) is 3.04. The van der Waals surface area contributed by atoms with Crippen LogP contribution in [0.3, 0.4) is 0 Å². The van der Waals surface area contributed by atoms with Gasteiger partial charge in [-0.1, -0.05) is 11.8 Å². The molecular formula is C10H5FN2O4S2. The predicted molar refractivity (Wildman–Crippen MR) is 66.3 cm³/mol. The van der Waals surface area contributed by atoms with Crippen LogP contribution in [0.1, 0.15) is 10.4 Å². The van der Waals surface area contributed by atoms with E-state index in [1.54, 1.807) is 5.38 Å². The van der Waals surface area contributed by atoms with Gasteiger partial charge in [-0.15, -0.1) is 11.3 Å². The van der Waals surface area contributed by atoms with Crippen molar-refractivity contribution in [2.24, 2.45) is 0 Å². The molecule has 0 atom stereocenters. The minimum atomic E-state index is -1.48. The van der Waals surface area contributed by atoms with Gasteiger partial charge in [-0.3, -0.25) is 10.1 Å². The van der Waals surface area contributed by atoms with Crippen molar-refractivity contribution in [2.45, 2.75) is 9.24 Å². The van der Waals surface area contributed by atoms with Gasteiger partial charge in [-0.2, -0.15) is 0 Å². The van der Waals surface area contributed by atoms with Crippen LogP contribution in [-0.2, 0) is 0 Å². The minimum absolute atomic E-state index is 0.0158. The second-order valence-corrected chi connectivity index (χ2v) is 5.45. The van der Waals surface area contributed by atoms with Crippen LogP contribution in [-0.4, -0.2) is 21.0 Å². The molecule has 0 aliphatic heterocycles. The topological polar surface area (TPSA) is 93.3 Å². The number of aromatic carboxylic acids is 1. The largest absolute Gasteiger partial charge is 0.477 e. The lowest BCUT2D eigenvalue weighted by Gasteiger charge is -2.03. The van der Waals surface area contributed by atoms with Crippen LogP contribution in [0, 0.1) is 15.9 Å². The molecule has 0 amide bonds. The first-order valence-corrected chi connectivity index (χ1v) is 6.47. The number of rotatable bonds is 4. The molecule has 0 spiro atoms. The van der Waals surface area contributed by atoms with E-state index >= 15 is 0 Å². The Morgan fingerprint density at radius 2 is 2.26 bits per heavy atom. The molecule has 1 heterocycles. The van der Waals surface area contributed by atoms with Crippen LogP contribution in [0.25, 0.3) is 0 Å². The second kappa shape index (κ2) is 5.33. The van der Waals surface area contributed by atoms with Gasteiger partial charge in [0.15, 0.2) is 4.34 Å². The molecule has 0 fully saturated rings. The Kier molecular flexibility index (Phi) is 3.76. The van der Waals surface area contributed by atoms with E-state index in [9.17, 15) is 19.3 Å². The van der Waals surface area contributed by atoms with Crippen LogP contribution in [0.5, 0.6) is 0 Å². The number of hydrogen-bond acceptors (Lipinski definition) is 6. The summed E-state index contributed by atoms with van der Waals surface area (Å²) in [5.41, 5.74) is -1.32. The van der Waals surface area contributed by atoms with E-state index in [0.717, 1.165) is 17.8 Å². The molecule has 0 radical (unpaired) electrons. The van der Waals surface area contributed by atoms with Crippen LogP contribution >= 0.6 is 23.1 Å². The highest BCUT2D eigenvalue weighted by Crippen LogP contribution is 2.34. The van der Waals surface area contributed by atoms with Crippen LogP contribution in [0.4, 0.5) is 10.1 Å². The maximum absolute atomic E-state index is 13.7. The minimum Gasteiger partial charge on any atom is -0.477 e. The first-order chi connectivity index (χ1) is 8.99. The molecule has 0 aliphatic rings. The monoisotopic (exact) mass is 300 g/mol. The lowest BCUT2D eigenvalue weighted by molar-refractivity contribution is -0.385. The van der Waals surface area contributed by atoms with Crippen LogP contribution in [0.15, 0.2) is 32.9 Å². The molecule has 2 rings (SSSR count). The fraction of sp³-hybridized carbons (Fsp3) is 0. The average Bonchev–Trinajstić information content (AvgIpc) is 2.83. The van der Waals surface area contributed by atoms with E-state index in [1.165, 1.54) is 17.5 Å². The number of nitro groups is 1. The molecule has 2 aromatic rings. The third-order valence-corrected chi connectivity index (χ3v) is 4.00. The molecule has 1 N–H and O–H groups in total. The number of nitro benzene ring substituents is 1. The summed E-state index contributed by atoms with van der Waals surface area (Å²) >= 11 is 2.17. The SMILES string of the molecule is O=C(O)c1cc(Sc2nccs2)c(F)cc1[N+](=O)[O-]. The van der Waals surface area contributed by atoms with Crippen molar-refractivity contribution in [1.29, 1.82) is 0 Å². The quantitative estimate of drug-likeness (QED) is 0.689. The summed E-state index contributed by atoms with van der Waals surface area (Å²) in [5.74, 6) is -2.33. The number of thiazole rings is 1. The van der Waals surface area contributed by atoms with Crippen LogP contribution in [0.2, 0.25) is 0 Å². The van der Waals surface area contributed by atoms with Gasteiger partial charge in [0.1, 0.15) is 11.4 Å². The van der Waals surface area contributed by atoms with Crippen molar-refractivity contribution >= 4 is 34.8 Å². The molecule has 0 unspecified atom stereocenters. The Balaban J connectivity index is 2.48. The summed E-state index contributed by atoms with van der Waals surface area (Å²) in [6.45, 7) is 0. The molecule has 0 saturated heterocycles. The van der Waals surface area contributed by atoms with Crippen molar-refractivity contribution < 1.29 is 19.2 Å². The first kappa shape index (κ1) is 13.4. The molecule has 1 aromatic carbocycles. The summed E-state index contributed by atoms with van der Waals surface area (Å²) < 4.78 is 14.2. The van der Waals surface area contributed by atoms with Gasteiger partial charge < -0.3 is 5.11 Å². The zero-order valence-electron chi connectivity index (χ0n) is 9.07. The fourth-order valence-corrected chi connectivity index (χ4v) is 2.92. The van der Waals surface area contributed by atoms with Crippen molar-refractivity contribution in [2.75, 3.05) is 0 Å². The highest BCUT2D eigenvalue weighted by Gasteiger charge is 2.23. The van der Waals surface area contributed by atoms with Crippen molar-refractivity contribution in [3.63, 3.8) is 0 Å². The highest BCUT2D eigenvalue weighted by atomic mass is 32.2. The molecule has 98 valence electrons. The van der Waals surface area contributed by atoms with E-state index in [0.29, 0.717) is 10.4 Å². The number of benzene rings is 1. The Bertz CT molecular complexity index is 645. The smallest absolute Gasteiger partial charge is 0.342 e. The molecule has 0 bridgehead atoms. The number of carboxylic acids is 1. The maximum atomic E-state index is 13.7. The summed E-state index contributed by atoms with van der Waals surface area (Å²) in [7, 11) is 0. The number of hydrogen-bond donors (Lipinski definition) is 1. The summed E-state index contributed by atoms with van der Waals surface area (Å²) in [6, 6.07) is 1.56. The van der Waals surface area contributed by atoms with E-state index in [1.807, 2.05) is 0 Å². The van der Waals surface area contributed by atoms with Gasteiger partial charge in [0.2, 0.25) is 0 Å². The zero-order valence-corrected chi connectivity index (χ0v) is 10.7. The van der Waals surface area contributed by atoms with Gasteiger partial charge >= 0.3 is 5.97 Å². The van der Waals surface area contributed by atoms with Crippen molar-refractivity contribution in [3.05, 3.63) is 45.2 Å². The normalized spacial score (nSPS) is 10.4. The molecule has 19 heavy (non-hydrogen) atoms. The van der Waals surface area contributed by atoms with Crippen molar-refractivity contribution in [1.82, 2.24) is 4.98 Å². The van der Waals surface area contributed by atoms with Crippen LogP contribution < -0.4 is 0 Å². The van der Waals surface area contributed by atoms with E-state index < -0.39 is 28.0 Å². The molecular weight excluding hydrogens is 295 g/mol. The van der Waals surface area contributed by atoms with E-state index in [2.05, 4.69) is 4.98 Å². The number of carboxylic acid groups (broad SMARTS) is 1. The number of carbonyl (C=O) groups is 1. The number of nitrogens with zero attached hydrogens (tertiary/aromatic N) is 2. The Morgan fingerprint density at radius 3 is 2.79 bits per heavy atom. The van der Waals surface area contributed by atoms with Gasteiger partial charge in [0.25, 0.3) is 5.69 Å². The second-order valence-electron chi connectivity index (χ2n) is 3.26. The van der Waals surface area contributed by atoms with Gasteiger partial charge in [-0.05, 0) is 6.07 Å². The zero-order chi connectivity index (χ0) is 14.0. The third kappa shape index (κ3) is 2.88. The molecule has 0 aliphatic carbocycles. The Labute approximate surface area is 114 Å². The average molecular weight is 300 g/mol. The Hall–Kier alpha value is -2.00. The van der Waals surface area contributed by atoms with Gasteiger partial charge in [0, 0.05) is 11.6 Å². The third-order valence-electron chi connectivity index (χ3n) is 2.08. The molecule has 0 saturated carbocycles. The summed E-state index contributed by atoms with van der Waals surface area (Å²) in [4.78, 5) is 24.6. The lowest BCUT2D eigenvalue weighted by Crippen LogP contribution is -2.04. The lowest BCUT2D eigenvalue weighted by atomic mass is 10.2. The standard InChI is InChI=1S/C10H5FN2O4S2/c11-6-4-7(13(16)17)5(9(14)15)3-8(6)19-10-12-1-2-18-10/h1-4H,(H,14,15). The van der Waals surface area contributed by atoms with Gasteiger partial charge in [0.05, 0.1) is 15.9 Å². The van der Waals surface area contributed by atoms with Gasteiger partial charge in [-0.25, -0.2) is 14.2 Å². The van der Waals surface area contributed by atoms with E-state index in [4.69, 9.17) is 5.11 Å². The summed E-state index contributed by atoms with van der Waals surface area (Å²) in [5, 5.41) is 21.3. The number of aromatic nitrogens is 1. The molecule has 6 nitrogen and oxygen atoms in total. The van der Waals surface area contributed by atoms with Crippen molar-refractivity contribution in [3.8, 4) is 0 Å². The molecule has 9 heteroatoms. The maximum Gasteiger partial charge on any atom is 0.342 e. The summed E-state index contributed by atoms with van der Waals surface area (Å²) in [6.07, 6.45) is 1.52. The number of halogens is 1. The first-order valence-electron chi connectivity index (χ1n) is 4.77. The van der Waals surface area contributed by atoms with E-state index in [-0.39, 0.29) is 4.90 Å². The highest BCUT2D eigenvalue weighted by molar-refractivity contribution is 8.01. The fourth-order valence-electron chi connectivity index (χ4n) is 1.30. The molecule has 1 aromatic heterocycles. The Morgan fingerprint density at radius 1 is 1.53 bits per heavy atom.